The second kappa shape index (κ2) is 5.58. The number of hydrogen-bond acceptors (Lipinski definition) is 5. The molecule has 1 atom stereocenters. The number of rotatable bonds is 5. The van der Waals surface area contributed by atoms with Gasteiger partial charge in [-0.1, -0.05) is 0 Å². The first-order valence-corrected chi connectivity index (χ1v) is 4.86. The van der Waals surface area contributed by atoms with Gasteiger partial charge in [0.25, 0.3) is 0 Å². The fraction of sp³-hybridized carbons (Fsp3) is 0.455. The lowest BCUT2D eigenvalue weighted by Crippen LogP contribution is -2.13. The van der Waals surface area contributed by atoms with Crippen molar-refractivity contribution >= 4 is 0 Å². The molecule has 90 valence electrons. The summed E-state index contributed by atoms with van der Waals surface area (Å²) in [4.78, 5) is 0. The zero-order chi connectivity index (χ0) is 12.1. The Balaban J connectivity index is 3.25. The van der Waals surface area contributed by atoms with Crippen molar-refractivity contribution in [1.29, 1.82) is 0 Å². The zero-order valence-electron chi connectivity index (χ0n) is 9.69. The van der Waals surface area contributed by atoms with Crippen molar-refractivity contribution in [3.63, 3.8) is 0 Å². The fourth-order valence-electron chi connectivity index (χ4n) is 1.44. The topological polar surface area (TPSA) is 73.9 Å². The average molecular weight is 227 g/mol. The lowest BCUT2D eigenvalue weighted by Gasteiger charge is -2.16. The summed E-state index contributed by atoms with van der Waals surface area (Å²) in [5.41, 5.74) is 6.00. The van der Waals surface area contributed by atoms with E-state index in [9.17, 15) is 5.11 Å². The van der Waals surface area contributed by atoms with Crippen LogP contribution in [0.3, 0.4) is 0 Å². The van der Waals surface area contributed by atoms with Gasteiger partial charge in [0.05, 0.1) is 27.4 Å². The zero-order valence-corrected chi connectivity index (χ0v) is 9.69. The molecule has 0 bridgehead atoms. The third-order valence-corrected chi connectivity index (χ3v) is 2.32. The van der Waals surface area contributed by atoms with Gasteiger partial charge in [-0.2, -0.15) is 0 Å². The van der Waals surface area contributed by atoms with Gasteiger partial charge in [-0.15, -0.1) is 0 Å². The highest BCUT2D eigenvalue weighted by molar-refractivity contribution is 5.51. The molecule has 3 N–H and O–H groups in total. The van der Waals surface area contributed by atoms with Crippen molar-refractivity contribution in [3.8, 4) is 17.2 Å². The smallest absolute Gasteiger partial charge is 0.164 e. The predicted molar refractivity (Wildman–Crippen MR) is 60.1 cm³/mol. The molecule has 1 aromatic rings. The van der Waals surface area contributed by atoms with E-state index in [2.05, 4.69) is 0 Å². The van der Waals surface area contributed by atoms with Crippen LogP contribution in [-0.4, -0.2) is 33.0 Å². The quantitative estimate of drug-likeness (QED) is 0.774. The van der Waals surface area contributed by atoms with Crippen LogP contribution in [0.25, 0.3) is 0 Å². The predicted octanol–water partition coefficient (Wildman–Crippen LogP) is 0.705. The molecule has 1 unspecified atom stereocenters. The van der Waals surface area contributed by atoms with Gasteiger partial charge in [0.2, 0.25) is 0 Å². The summed E-state index contributed by atoms with van der Waals surface area (Å²) < 4.78 is 15.4. The van der Waals surface area contributed by atoms with Crippen LogP contribution in [0.15, 0.2) is 12.1 Å². The van der Waals surface area contributed by atoms with Crippen molar-refractivity contribution in [3.05, 3.63) is 17.7 Å². The van der Waals surface area contributed by atoms with Gasteiger partial charge in [0, 0.05) is 18.2 Å². The van der Waals surface area contributed by atoms with Gasteiger partial charge in [-0.05, 0) is 6.07 Å². The summed E-state index contributed by atoms with van der Waals surface area (Å²) in [5, 5.41) is 9.72. The summed E-state index contributed by atoms with van der Waals surface area (Å²) in [5.74, 6) is 1.61. The standard InChI is InChI=1S/C11H17NO4/c1-14-9-5-11(16-3)10(15-2)4-7(9)8(13)6-12/h4-5,8,13H,6,12H2,1-3H3. The second-order valence-electron chi connectivity index (χ2n) is 3.20. The molecule has 0 heterocycles. The third kappa shape index (κ3) is 2.37. The van der Waals surface area contributed by atoms with E-state index in [1.54, 1.807) is 12.1 Å². The summed E-state index contributed by atoms with van der Waals surface area (Å²) in [6, 6.07) is 3.32. The molecule has 0 fully saturated rings. The molecule has 0 radical (unpaired) electrons. The molecule has 0 saturated heterocycles. The Bertz CT molecular complexity index is 354. The molecular formula is C11H17NO4. The van der Waals surface area contributed by atoms with Gasteiger partial charge in [0.1, 0.15) is 5.75 Å². The SMILES string of the molecule is COc1cc(OC)c(C(O)CN)cc1OC. The van der Waals surface area contributed by atoms with Crippen LogP contribution in [0, 0.1) is 0 Å². The van der Waals surface area contributed by atoms with E-state index < -0.39 is 6.10 Å². The highest BCUT2D eigenvalue weighted by Crippen LogP contribution is 2.37. The molecule has 0 spiro atoms. The summed E-state index contributed by atoms with van der Waals surface area (Å²) in [6.45, 7) is 0.117. The number of aliphatic hydroxyl groups is 1. The lowest BCUT2D eigenvalue weighted by molar-refractivity contribution is 0.181. The Morgan fingerprint density at radius 2 is 1.56 bits per heavy atom. The van der Waals surface area contributed by atoms with Crippen molar-refractivity contribution in [2.45, 2.75) is 6.10 Å². The molecule has 0 aliphatic carbocycles. The molecule has 0 aliphatic heterocycles. The molecule has 16 heavy (non-hydrogen) atoms. The number of benzene rings is 1. The van der Waals surface area contributed by atoms with Crippen LogP contribution in [0.1, 0.15) is 11.7 Å². The molecule has 0 aromatic heterocycles. The second-order valence-corrected chi connectivity index (χ2v) is 3.20. The Hall–Kier alpha value is -1.46. The van der Waals surface area contributed by atoms with Crippen LogP contribution < -0.4 is 19.9 Å². The first kappa shape index (κ1) is 12.6. The maximum atomic E-state index is 9.72. The van der Waals surface area contributed by atoms with E-state index >= 15 is 0 Å². The van der Waals surface area contributed by atoms with Gasteiger partial charge in [-0.3, -0.25) is 0 Å². The Morgan fingerprint density at radius 1 is 1.06 bits per heavy atom. The molecule has 5 nitrogen and oxygen atoms in total. The highest BCUT2D eigenvalue weighted by Gasteiger charge is 2.16. The van der Waals surface area contributed by atoms with Gasteiger partial charge in [0.15, 0.2) is 11.5 Å². The summed E-state index contributed by atoms with van der Waals surface area (Å²) in [6.07, 6.45) is -0.783. The molecule has 1 rings (SSSR count). The number of aliphatic hydroxyl groups excluding tert-OH is 1. The third-order valence-electron chi connectivity index (χ3n) is 2.32. The highest BCUT2D eigenvalue weighted by atomic mass is 16.5. The molecule has 5 heteroatoms. The Kier molecular flexibility index (Phi) is 4.39. The first-order valence-electron chi connectivity index (χ1n) is 4.86. The molecule has 0 aliphatic rings. The minimum atomic E-state index is -0.783. The van der Waals surface area contributed by atoms with Crippen LogP contribution in [0.2, 0.25) is 0 Å². The maximum absolute atomic E-state index is 9.72. The van der Waals surface area contributed by atoms with E-state index in [0.29, 0.717) is 22.8 Å². The fourth-order valence-corrected chi connectivity index (χ4v) is 1.44. The Morgan fingerprint density at radius 3 is 2.00 bits per heavy atom. The molecule has 1 aromatic carbocycles. The molecule has 0 saturated carbocycles. The number of methoxy groups -OCH3 is 3. The van der Waals surface area contributed by atoms with E-state index in [4.69, 9.17) is 19.9 Å². The van der Waals surface area contributed by atoms with E-state index in [0.717, 1.165) is 0 Å². The van der Waals surface area contributed by atoms with Crippen LogP contribution in [0.5, 0.6) is 17.2 Å². The number of nitrogens with two attached hydrogens (primary N) is 1. The van der Waals surface area contributed by atoms with Crippen molar-refractivity contribution in [2.75, 3.05) is 27.9 Å². The number of ether oxygens (including phenoxy) is 3. The normalized spacial score (nSPS) is 12.1. The van der Waals surface area contributed by atoms with Gasteiger partial charge < -0.3 is 25.1 Å². The maximum Gasteiger partial charge on any atom is 0.164 e. The van der Waals surface area contributed by atoms with Crippen LogP contribution in [0.4, 0.5) is 0 Å². The van der Waals surface area contributed by atoms with E-state index in [1.807, 2.05) is 0 Å². The van der Waals surface area contributed by atoms with Crippen molar-refractivity contribution in [2.24, 2.45) is 5.73 Å². The van der Waals surface area contributed by atoms with E-state index in [1.165, 1.54) is 21.3 Å². The van der Waals surface area contributed by atoms with Crippen LogP contribution in [-0.2, 0) is 0 Å². The minimum Gasteiger partial charge on any atom is -0.496 e. The summed E-state index contributed by atoms with van der Waals surface area (Å²) >= 11 is 0. The average Bonchev–Trinajstić information content (AvgIpc) is 2.35. The first-order chi connectivity index (χ1) is 7.67. The number of hydrogen-bond donors (Lipinski definition) is 2. The lowest BCUT2D eigenvalue weighted by atomic mass is 10.1. The molecular weight excluding hydrogens is 210 g/mol. The van der Waals surface area contributed by atoms with E-state index in [-0.39, 0.29) is 6.54 Å². The van der Waals surface area contributed by atoms with Gasteiger partial charge in [-0.25, -0.2) is 0 Å². The monoisotopic (exact) mass is 227 g/mol. The Labute approximate surface area is 94.7 Å². The van der Waals surface area contributed by atoms with Gasteiger partial charge >= 0.3 is 0 Å². The molecule has 0 amide bonds. The van der Waals surface area contributed by atoms with Crippen molar-refractivity contribution in [1.82, 2.24) is 0 Å². The van der Waals surface area contributed by atoms with Crippen molar-refractivity contribution < 1.29 is 19.3 Å². The largest absolute Gasteiger partial charge is 0.496 e. The summed E-state index contributed by atoms with van der Waals surface area (Å²) in [7, 11) is 4.59. The minimum absolute atomic E-state index is 0.117. The van der Waals surface area contributed by atoms with Crippen LogP contribution >= 0.6 is 0 Å².